The first-order chi connectivity index (χ1) is 25.1. The van der Waals surface area contributed by atoms with Gasteiger partial charge in [-0.05, 0) is 109 Å². The van der Waals surface area contributed by atoms with Gasteiger partial charge in [-0.1, -0.05) is 159 Å². The summed E-state index contributed by atoms with van der Waals surface area (Å²) in [5, 5.41) is 2.57. The average molecular weight is 652 g/mol. The van der Waals surface area contributed by atoms with E-state index in [1.807, 2.05) is 0 Å². The van der Waals surface area contributed by atoms with Crippen LogP contribution in [0.5, 0.6) is 0 Å². The number of hydrogen-bond donors (Lipinski definition) is 0. The number of para-hydroxylation sites is 1. The van der Waals surface area contributed by atoms with E-state index in [0.29, 0.717) is 0 Å². The summed E-state index contributed by atoms with van der Waals surface area (Å²) in [5.74, 6) is 0. The molecule has 0 heterocycles. The molecule has 0 bridgehead atoms. The molecular formula is C50H37N. The molecule has 1 heteroatoms. The minimum atomic E-state index is -0.426. The van der Waals surface area contributed by atoms with Crippen molar-refractivity contribution in [1.29, 1.82) is 0 Å². The van der Waals surface area contributed by atoms with E-state index in [-0.39, 0.29) is 5.41 Å². The molecule has 0 spiro atoms. The number of rotatable bonds is 5. The largest absolute Gasteiger partial charge is 0.310 e. The summed E-state index contributed by atoms with van der Waals surface area (Å²) in [7, 11) is 0. The topological polar surface area (TPSA) is 3.24 Å². The molecular weight excluding hydrogens is 615 g/mol. The second kappa shape index (κ2) is 11.2. The van der Waals surface area contributed by atoms with Crippen LogP contribution in [0.1, 0.15) is 47.2 Å². The number of nitrogens with zero attached hydrogens (tertiary/aromatic N) is 1. The lowest BCUT2D eigenvalue weighted by Crippen LogP contribution is -2.28. The molecule has 0 aliphatic heterocycles. The van der Waals surface area contributed by atoms with E-state index in [4.69, 9.17) is 0 Å². The highest BCUT2D eigenvalue weighted by atomic mass is 15.1. The van der Waals surface area contributed by atoms with E-state index < -0.39 is 5.41 Å². The van der Waals surface area contributed by atoms with Crippen molar-refractivity contribution in [1.82, 2.24) is 0 Å². The minimum absolute atomic E-state index is 0.197. The van der Waals surface area contributed by atoms with Crippen LogP contribution < -0.4 is 4.90 Å². The monoisotopic (exact) mass is 651 g/mol. The molecule has 0 fully saturated rings. The van der Waals surface area contributed by atoms with E-state index in [0.717, 1.165) is 11.4 Å². The number of fused-ring (bicyclic) bond motifs is 7. The predicted octanol–water partition coefficient (Wildman–Crippen LogP) is 13.0. The quantitative estimate of drug-likeness (QED) is 0.179. The zero-order valence-corrected chi connectivity index (χ0v) is 28.8. The molecule has 10 rings (SSSR count). The lowest BCUT2D eigenvalue weighted by molar-refractivity contribution is 0.661. The Bertz CT molecular complexity index is 2560. The number of benzene rings is 8. The van der Waals surface area contributed by atoms with Gasteiger partial charge < -0.3 is 4.90 Å². The first-order valence-corrected chi connectivity index (χ1v) is 17.9. The molecule has 0 radical (unpaired) electrons. The first-order valence-electron chi connectivity index (χ1n) is 17.9. The first kappa shape index (κ1) is 29.7. The van der Waals surface area contributed by atoms with Crippen LogP contribution in [-0.2, 0) is 10.8 Å². The molecule has 8 aromatic rings. The van der Waals surface area contributed by atoms with Crippen LogP contribution in [0.4, 0.5) is 17.1 Å². The zero-order chi connectivity index (χ0) is 34.2. The third-order valence-corrected chi connectivity index (χ3v) is 11.5. The van der Waals surface area contributed by atoms with E-state index in [2.05, 4.69) is 207 Å². The van der Waals surface area contributed by atoms with Crippen LogP contribution in [0.3, 0.4) is 0 Å². The van der Waals surface area contributed by atoms with E-state index in [9.17, 15) is 0 Å². The van der Waals surface area contributed by atoms with Crippen molar-refractivity contribution in [3.8, 4) is 22.3 Å². The zero-order valence-electron chi connectivity index (χ0n) is 28.8. The lowest BCUT2D eigenvalue weighted by Gasteiger charge is -2.35. The maximum absolute atomic E-state index is 2.49. The Morgan fingerprint density at radius 3 is 1.63 bits per heavy atom. The molecule has 0 amide bonds. The SMILES string of the molecule is CC1(C)c2cc3ccccc3cc2-c2cccc(N(c3ccccc3)c3ccc4c(c3)-c3ccccc3C4(c3ccccc3)c3ccccc3)c21. The van der Waals surface area contributed by atoms with Gasteiger partial charge in [-0.25, -0.2) is 0 Å². The van der Waals surface area contributed by atoms with Crippen molar-refractivity contribution in [2.24, 2.45) is 0 Å². The number of hydrogen-bond acceptors (Lipinski definition) is 1. The molecule has 2 aliphatic rings. The molecule has 51 heavy (non-hydrogen) atoms. The third-order valence-electron chi connectivity index (χ3n) is 11.5. The molecule has 0 atom stereocenters. The maximum Gasteiger partial charge on any atom is 0.0713 e. The van der Waals surface area contributed by atoms with Crippen molar-refractivity contribution in [3.05, 3.63) is 221 Å². The van der Waals surface area contributed by atoms with Gasteiger partial charge in [-0.3, -0.25) is 0 Å². The third kappa shape index (κ3) is 4.22. The highest BCUT2D eigenvalue weighted by molar-refractivity contribution is 5.97. The molecule has 1 nitrogen and oxygen atoms in total. The lowest BCUT2D eigenvalue weighted by atomic mass is 9.68. The van der Waals surface area contributed by atoms with Gasteiger partial charge in [-0.2, -0.15) is 0 Å². The number of anilines is 3. The Kier molecular flexibility index (Phi) is 6.51. The van der Waals surface area contributed by atoms with Crippen LogP contribution in [0.2, 0.25) is 0 Å². The van der Waals surface area contributed by atoms with E-state index in [1.165, 1.54) is 72.1 Å². The fraction of sp³-hybridized carbons (Fsp3) is 0.0800. The Morgan fingerprint density at radius 1 is 0.373 bits per heavy atom. The van der Waals surface area contributed by atoms with Crippen molar-refractivity contribution in [3.63, 3.8) is 0 Å². The van der Waals surface area contributed by atoms with Crippen LogP contribution in [0, 0.1) is 0 Å². The summed E-state index contributed by atoms with van der Waals surface area (Å²) in [6, 6.07) is 69.6. The summed E-state index contributed by atoms with van der Waals surface area (Å²) in [5.41, 5.74) is 16.0. The fourth-order valence-electron chi connectivity index (χ4n) is 9.30. The van der Waals surface area contributed by atoms with Crippen molar-refractivity contribution >= 4 is 27.8 Å². The molecule has 0 aromatic heterocycles. The molecule has 0 N–H and O–H groups in total. The smallest absolute Gasteiger partial charge is 0.0713 e. The molecule has 0 saturated heterocycles. The molecule has 0 saturated carbocycles. The molecule has 2 aliphatic carbocycles. The van der Waals surface area contributed by atoms with Gasteiger partial charge in [-0.15, -0.1) is 0 Å². The normalized spacial score (nSPS) is 14.4. The van der Waals surface area contributed by atoms with Gasteiger partial charge in [0.05, 0.1) is 11.1 Å². The minimum Gasteiger partial charge on any atom is -0.310 e. The summed E-state index contributed by atoms with van der Waals surface area (Å²) < 4.78 is 0. The molecule has 0 unspecified atom stereocenters. The predicted molar refractivity (Wildman–Crippen MR) is 213 cm³/mol. The standard InChI is InChI=1S/C50H37N/c1-49(2)46-32-35-18-13-12-17-34(35)31-42(46)41-26-16-28-47(48(41)49)51(38-23-10-5-11-24-38)39-29-30-45-43(33-39)40-25-14-15-27-44(40)50(45,36-19-6-3-7-20-36)37-21-8-4-9-22-37/h3-33H,1-2H3. The summed E-state index contributed by atoms with van der Waals surface area (Å²) >= 11 is 0. The molecule has 242 valence electrons. The van der Waals surface area contributed by atoms with Crippen molar-refractivity contribution < 1.29 is 0 Å². The van der Waals surface area contributed by atoms with E-state index >= 15 is 0 Å². The maximum atomic E-state index is 2.49. The Balaban J connectivity index is 1.23. The highest BCUT2D eigenvalue weighted by Crippen LogP contribution is 2.59. The summed E-state index contributed by atoms with van der Waals surface area (Å²) in [4.78, 5) is 2.49. The summed E-state index contributed by atoms with van der Waals surface area (Å²) in [6.07, 6.45) is 0. The Morgan fingerprint density at radius 2 is 0.922 bits per heavy atom. The van der Waals surface area contributed by atoms with Gasteiger partial charge in [0.1, 0.15) is 0 Å². The fourth-order valence-corrected chi connectivity index (χ4v) is 9.30. The van der Waals surface area contributed by atoms with Crippen LogP contribution in [0.25, 0.3) is 33.0 Å². The van der Waals surface area contributed by atoms with Crippen molar-refractivity contribution in [2.45, 2.75) is 24.7 Å². The Labute approximate surface area is 300 Å². The second-order valence-corrected chi connectivity index (χ2v) is 14.5. The van der Waals surface area contributed by atoms with E-state index in [1.54, 1.807) is 0 Å². The van der Waals surface area contributed by atoms with Gasteiger partial charge in [0, 0.05) is 16.8 Å². The van der Waals surface area contributed by atoms with Gasteiger partial charge >= 0.3 is 0 Å². The van der Waals surface area contributed by atoms with Crippen molar-refractivity contribution in [2.75, 3.05) is 4.90 Å². The summed E-state index contributed by atoms with van der Waals surface area (Å²) in [6.45, 7) is 4.79. The average Bonchev–Trinajstić information content (AvgIpc) is 3.61. The van der Waals surface area contributed by atoms with Crippen LogP contribution >= 0.6 is 0 Å². The second-order valence-electron chi connectivity index (χ2n) is 14.5. The highest BCUT2D eigenvalue weighted by Gasteiger charge is 2.46. The van der Waals surface area contributed by atoms with Gasteiger partial charge in [0.2, 0.25) is 0 Å². The van der Waals surface area contributed by atoms with Gasteiger partial charge in [0.15, 0.2) is 0 Å². The van der Waals surface area contributed by atoms with Crippen LogP contribution in [0.15, 0.2) is 188 Å². The molecule has 8 aromatic carbocycles. The van der Waals surface area contributed by atoms with Crippen LogP contribution in [-0.4, -0.2) is 0 Å². The van der Waals surface area contributed by atoms with Gasteiger partial charge in [0.25, 0.3) is 0 Å². The Hall–Kier alpha value is -6.18.